The van der Waals surface area contributed by atoms with Gasteiger partial charge in [0.15, 0.2) is 5.16 Å². The van der Waals surface area contributed by atoms with Gasteiger partial charge >= 0.3 is 0 Å². The smallest absolute Gasteiger partial charge is 0.251 e. The van der Waals surface area contributed by atoms with Crippen molar-refractivity contribution in [1.29, 1.82) is 5.26 Å². The molecule has 0 unspecified atom stereocenters. The minimum atomic E-state index is -0.375. The molecule has 1 aromatic heterocycles. The molecule has 0 saturated carbocycles. The summed E-state index contributed by atoms with van der Waals surface area (Å²) >= 11 is 1.20. The number of aromatic nitrogens is 2. The maximum atomic E-state index is 13.5. The Balaban J connectivity index is 2.15. The summed E-state index contributed by atoms with van der Waals surface area (Å²) in [5, 5.41) is 9.16. The molecule has 1 aromatic carbocycles. The van der Waals surface area contributed by atoms with Crippen LogP contribution in [0.15, 0.2) is 40.4 Å². The second-order valence-corrected chi connectivity index (χ2v) is 4.41. The van der Waals surface area contributed by atoms with Crippen LogP contribution in [0.5, 0.6) is 0 Å². The van der Waals surface area contributed by atoms with E-state index in [0.717, 1.165) is 0 Å². The van der Waals surface area contributed by atoms with Crippen molar-refractivity contribution < 1.29 is 4.39 Å². The molecule has 0 amide bonds. The second kappa shape index (κ2) is 5.47. The van der Waals surface area contributed by atoms with Crippen LogP contribution in [-0.2, 0) is 5.75 Å². The lowest BCUT2D eigenvalue weighted by Gasteiger charge is -2.03. The molecule has 4 nitrogen and oxygen atoms in total. The van der Waals surface area contributed by atoms with Crippen molar-refractivity contribution in [2.45, 2.75) is 10.9 Å². The van der Waals surface area contributed by atoms with Gasteiger partial charge in [0.2, 0.25) is 0 Å². The topological polar surface area (TPSA) is 69.5 Å². The lowest BCUT2D eigenvalue weighted by molar-refractivity contribution is 0.617. The summed E-state index contributed by atoms with van der Waals surface area (Å²) in [6.45, 7) is 0. The van der Waals surface area contributed by atoms with E-state index in [1.54, 1.807) is 0 Å². The van der Waals surface area contributed by atoms with Crippen LogP contribution in [0, 0.1) is 17.1 Å². The molecule has 2 aromatic rings. The maximum absolute atomic E-state index is 13.5. The van der Waals surface area contributed by atoms with Crippen LogP contribution < -0.4 is 5.56 Å². The molecule has 1 N–H and O–H groups in total. The predicted molar refractivity (Wildman–Crippen MR) is 65.5 cm³/mol. The third kappa shape index (κ3) is 2.96. The molecular weight excluding hydrogens is 253 g/mol. The minimum Gasteiger partial charge on any atom is -0.301 e. The molecule has 0 saturated heterocycles. The first-order chi connectivity index (χ1) is 8.69. The van der Waals surface area contributed by atoms with Crippen molar-refractivity contribution in [2.24, 2.45) is 0 Å². The number of H-pyrrole nitrogens is 1. The van der Waals surface area contributed by atoms with Gasteiger partial charge in [0.25, 0.3) is 5.56 Å². The Bertz CT molecular complexity index is 663. The van der Waals surface area contributed by atoms with Crippen molar-refractivity contribution in [1.82, 2.24) is 9.97 Å². The molecule has 0 aliphatic carbocycles. The Morgan fingerprint density at radius 1 is 1.44 bits per heavy atom. The average Bonchev–Trinajstić information content (AvgIpc) is 2.38. The summed E-state index contributed by atoms with van der Waals surface area (Å²) in [5.41, 5.74) is 0.561. The Hall–Kier alpha value is -2.13. The van der Waals surface area contributed by atoms with E-state index in [-0.39, 0.29) is 11.4 Å². The number of nitriles is 1. The Morgan fingerprint density at radius 3 is 3.00 bits per heavy atom. The van der Waals surface area contributed by atoms with E-state index in [9.17, 15) is 9.18 Å². The summed E-state index contributed by atoms with van der Waals surface area (Å²) in [6.07, 6.45) is 1.39. The monoisotopic (exact) mass is 261 g/mol. The van der Waals surface area contributed by atoms with Gasteiger partial charge in [-0.15, -0.1) is 0 Å². The van der Waals surface area contributed by atoms with Crippen molar-refractivity contribution >= 4 is 11.8 Å². The Morgan fingerprint density at radius 2 is 2.28 bits per heavy atom. The largest absolute Gasteiger partial charge is 0.301 e. The van der Waals surface area contributed by atoms with Gasteiger partial charge in [-0.3, -0.25) is 4.79 Å². The fraction of sp³-hybridized carbons (Fsp3) is 0.0833. The van der Waals surface area contributed by atoms with E-state index >= 15 is 0 Å². The number of hydrogen-bond acceptors (Lipinski definition) is 4. The SMILES string of the molecule is N#Cc1ccc(F)c(CSc2nccc(=O)[nH]2)c1. The maximum Gasteiger partial charge on any atom is 0.251 e. The molecule has 90 valence electrons. The number of rotatable bonds is 3. The third-order valence-electron chi connectivity index (χ3n) is 2.19. The van der Waals surface area contributed by atoms with E-state index in [0.29, 0.717) is 22.0 Å². The van der Waals surface area contributed by atoms with Gasteiger partial charge in [0.1, 0.15) is 5.82 Å². The van der Waals surface area contributed by atoms with E-state index in [2.05, 4.69) is 9.97 Å². The molecule has 2 rings (SSSR count). The summed E-state index contributed by atoms with van der Waals surface area (Å²) < 4.78 is 13.5. The number of hydrogen-bond donors (Lipinski definition) is 1. The molecule has 1 heterocycles. The average molecular weight is 261 g/mol. The summed E-state index contributed by atoms with van der Waals surface area (Å²) in [5.74, 6) is -0.0753. The molecule has 6 heteroatoms. The molecule has 18 heavy (non-hydrogen) atoms. The first-order valence-corrected chi connectivity index (χ1v) is 6.04. The van der Waals surface area contributed by atoms with E-state index in [1.807, 2.05) is 6.07 Å². The zero-order chi connectivity index (χ0) is 13.0. The van der Waals surface area contributed by atoms with Gasteiger partial charge in [-0.25, -0.2) is 9.37 Å². The first-order valence-electron chi connectivity index (χ1n) is 5.05. The van der Waals surface area contributed by atoms with Crippen LogP contribution in [0.4, 0.5) is 4.39 Å². The Labute approximate surface area is 107 Å². The lowest BCUT2D eigenvalue weighted by atomic mass is 10.1. The highest BCUT2D eigenvalue weighted by molar-refractivity contribution is 7.98. The molecule has 0 radical (unpaired) electrons. The number of aromatic amines is 1. The van der Waals surface area contributed by atoms with Gasteiger partial charge in [0, 0.05) is 18.0 Å². The van der Waals surface area contributed by atoms with Crippen LogP contribution >= 0.6 is 11.8 Å². The summed E-state index contributed by atoms with van der Waals surface area (Å²) in [6, 6.07) is 7.43. The van der Waals surface area contributed by atoms with E-state index in [4.69, 9.17) is 5.26 Å². The van der Waals surface area contributed by atoms with Crippen molar-refractivity contribution in [3.8, 4) is 6.07 Å². The number of nitrogens with zero attached hydrogens (tertiary/aromatic N) is 2. The van der Waals surface area contributed by atoms with Crippen LogP contribution in [0.2, 0.25) is 0 Å². The van der Waals surface area contributed by atoms with Crippen molar-refractivity contribution in [3.63, 3.8) is 0 Å². The van der Waals surface area contributed by atoms with Gasteiger partial charge in [-0.1, -0.05) is 11.8 Å². The van der Waals surface area contributed by atoms with E-state index < -0.39 is 0 Å². The van der Waals surface area contributed by atoms with Crippen LogP contribution in [0.3, 0.4) is 0 Å². The molecule has 0 atom stereocenters. The van der Waals surface area contributed by atoms with Crippen molar-refractivity contribution in [2.75, 3.05) is 0 Å². The van der Waals surface area contributed by atoms with Gasteiger partial charge < -0.3 is 4.98 Å². The fourth-order valence-corrected chi connectivity index (χ4v) is 2.15. The molecule has 0 fully saturated rings. The van der Waals surface area contributed by atoms with Gasteiger partial charge in [-0.2, -0.15) is 5.26 Å². The van der Waals surface area contributed by atoms with Crippen LogP contribution in [0.25, 0.3) is 0 Å². The van der Waals surface area contributed by atoms with Gasteiger partial charge in [-0.05, 0) is 23.8 Å². The normalized spacial score (nSPS) is 10.0. The second-order valence-electron chi connectivity index (χ2n) is 3.45. The quantitative estimate of drug-likeness (QED) is 0.678. The molecule has 0 spiro atoms. The van der Waals surface area contributed by atoms with E-state index in [1.165, 1.54) is 42.2 Å². The van der Waals surface area contributed by atoms with Crippen LogP contribution in [0.1, 0.15) is 11.1 Å². The minimum absolute atomic E-state index is 0.251. The molecule has 0 bridgehead atoms. The van der Waals surface area contributed by atoms with Crippen molar-refractivity contribution in [3.05, 3.63) is 57.8 Å². The zero-order valence-corrected chi connectivity index (χ0v) is 10.00. The highest BCUT2D eigenvalue weighted by atomic mass is 32.2. The molecule has 0 aliphatic rings. The fourth-order valence-electron chi connectivity index (χ4n) is 1.33. The number of benzene rings is 1. The predicted octanol–water partition coefficient (Wildman–Crippen LogP) is 2.07. The van der Waals surface area contributed by atoms with Crippen LogP contribution in [-0.4, -0.2) is 9.97 Å². The Kier molecular flexibility index (Phi) is 3.75. The highest BCUT2D eigenvalue weighted by Crippen LogP contribution is 2.20. The first kappa shape index (κ1) is 12.3. The number of nitrogens with one attached hydrogen (secondary N) is 1. The summed E-state index contributed by atoms with van der Waals surface area (Å²) in [4.78, 5) is 17.5. The summed E-state index contributed by atoms with van der Waals surface area (Å²) in [7, 11) is 0. The number of thioether (sulfide) groups is 1. The molecular formula is C12H8FN3OS. The highest BCUT2D eigenvalue weighted by Gasteiger charge is 2.05. The lowest BCUT2D eigenvalue weighted by Crippen LogP contribution is -2.05. The standard InChI is InChI=1S/C12H8FN3OS/c13-10-2-1-8(6-14)5-9(10)7-18-12-15-4-3-11(17)16-12/h1-5H,7H2,(H,15,16,17). The molecule has 0 aliphatic heterocycles. The third-order valence-corrected chi connectivity index (χ3v) is 3.12. The zero-order valence-electron chi connectivity index (χ0n) is 9.18. The number of halogens is 1. The van der Waals surface area contributed by atoms with Gasteiger partial charge in [0.05, 0.1) is 11.6 Å².